The summed E-state index contributed by atoms with van der Waals surface area (Å²) in [4.78, 5) is 1.37. The number of likely N-dealkylation sites (N-methyl/N-ethyl adjacent to an activating group) is 1. The summed E-state index contributed by atoms with van der Waals surface area (Å²) in [6.45, 7) is 5.17. The fourth-order valence-electron chi connectivity index (χ4n) is 2.20. The highest BCUT2D eigenvalue weighted by molar-refractivity contribution is 9.11. The quantitative estimate of drug-likeness (QED) is 0.758. The van der Waals surface area contributed by atoms with E-state index in [0.717, 1.165) is 18.0 Å². The second-order valence-corrected chi connectivity index (χ2v) is 7.43. The van der Waals surface area contributed by atoms with Gasteiger partial charge in [0, 0.05) is 22.4 Å². The second kappa shape index (κ2) is 6.89. The van der Waals surface area contributed by atoms with Crippen LogP contribution in [0.5, 0.6) is 0 Å². The minimum absolute atomic E-state index is 0.314. The standard InChI is InChI=1S/C15H17BrClNS/c1-3-18-14(9-11-7-8-15(16)19-11)12-5-4-6-13(17)10(12)2/h4-8,14,18H,3,9H2,1-2H3. The number of nitrogens with one attached hydrogen (secondary N) is 1. The van der Waals surface area contributed by atoms with Crippen molar-refractivity contribution in [3.8, 4) is 0 Å². The monoisotopic (exact) mass is 357 g/mol. The van der Waals surface area contributed by atoms with Gasteiger partial charge in [0.2, 0.25) is 0 Å². The van der Waals surface area contributed by atoms with E-state index in [1.807, 2.05) is 12.1 Å². The number of benzene rings is 1. The normalized spacial score (nSPS) is 12.6. The molecule has 0 aliphatic rings. The molecule has 0 aliphatic carbocycles. The van der Waals surface area contributed by atoms with Gasteiger partial charge in [-0.15, -0.1) is 11.3 Å². The summed E-state index contributed by atoms with van der Waals surface area (Å²) in [5.74, 6) is 0. The molecule has 0 saturated carbocycles. The predicted molar refractivity (Wildman–Crippen MR) is 88.3 cm³/mol. The molecule has 4 heteroatoms. The van der Waals surface area contributed by atoms with Crippen molar-refractivity contribution in [2.24, 2.45) is 0 Å². The third kappa shape index (κ3) is 3.82. The molecule has 1 unspecified atom stereocenters. The van der Waals surface area contributed by atoms with Crippen molar-refractivity contribution in [1.29, 1.82) is 0 Å². The van der Waals surface area contributed by atoms with Gasteiger partial charge in [0.05, 0.1) is 3.79 Å². The van der Waals surface area contributed by atoms with Gasteiger partial charge in [0.1, 0.15) is 0 Å². The van der Waals surface area contributed by atoms with Crippen LogP contribution in [-0.4, -0.2) is 6.54 Å². The van der Waals surface area contributed by atoms with Crippen LogP contribution >= 0.6 is 38.9 Å². The molecule has 0 aliphatic heterocycles. The van der Waals surface area contributed by atoms with Crippen LogP contribution in [-0.2, 0) is 6.42 Å². The third-order valence-corrected chi connectivity index (χ3v) is 5.23. The molecule has 1 atom stereocenters. The molecule has 0 amide bonds. The number of thiophene rings is 1. The SMILES string of the molecule is CCNC(Cc1ccc(Br)s1)c1cccc(Cl)c1C. The van der Waals surface area contributed by atoms with Crippen LogP contribution in [0.2, 0.25) is 5.02 Å². The highest BCUT2D eigenvalue weighted by atomic mass is 79.9. The van der Waals surface area contributed by atoms with Crippen LogP contribution in [0.4, 0.5) is 0 Å². The molecule has 2 rings (SSSR count). The smallest absolute Gasteiger partial charge is 0.0701 e. The van der Waals surface area contributed by atoms with Crippen LogP contribution in [0.3, 0.4) is 0 Å². The Morgan fingerprint density at radius 2 is 2.11 bits per heavy atom. The van der Waals surface area contributed by atoms with E-state index in [9.17, 15) is 0 Å². The van der Waals surface area contributed by atoms with E-state index < -0.39 is 0 Å². The largest absolute Gasteiger partial charge is 0.310 e. The topological polar surface area (TPSA) is 12.0 Å². The Kier molecular flexibility index (Phi) is 5.46. The van der Waals surface area contributed by atoms with Gasteiger partial charge < -0.3 is 5.32 Å². The molecule has 0 bridgehead atoms. The summed E-state index contributed by atoms with van der Waals surface area (Å²) >= 11 is 11.5. The van der Waals surface area contributed by atoms with Crippen LogP contribution in [0.1, 0.15) is 29.0 Å². The third-order valence-electron chi connectivity index (χ3n) is 3.17. The summed E-state index contributed by atoms with van der Waals surface area (Å²) in [5, 5.41) is 4.40. The number of hydrogen-bond donors (Lipinski definition) is 1. The first kappa shape index (κ1) is 15.0. The van der Waals surface area contributed by atoms with E-state index >= 15 is 0 Å². The fraction of sp³-hybridized carbons (Fsp3) is 0.333. The molecule has 1 nitrogen and oxygen atoms in total. The van der Waals surface area contributed by atoms with Gasteiger partial charge in [0.15, 0.2) is 0 Å². The van der Waals surface area contributed by atoms with Crippen molar-refractivity contribution in [2.45, 2.75) is 26.3 Å². The van der Waals surface area contributed by atoms with E-state index in [1.54, 1.807) is 11.3 Å². The second-order valence-electron chi connectivity index (χ2n) is 4.47. The lowest BCUT2D eigenvalue weighted by molar-refractivity contribution is 0.551. The summed E-state index contributed by atoms with van der Waals surface area (Å²) in [6.07, 6.45) is 0.991. The van der Waals surface area contributed by atoms with Crippen molar-refractivity contribution in [1.82, 2.24) is 5.32 Å². The summed E-state index contributed by atoms with van der Waals surface area (Å²) in [7, 11) is 0. The van der Waals surface area contributed by atoms with Gasteiger partial charge in [-0.1, -0.05) is 30.7 Å². The molecule has 1 aromatic heterocycles. The lowest BCUT2D eigenvalue weighted by Crippen LogP contribution is -2.23. The maximum absolute atomic E-state index is 6.23. The highest BCUT2D eigenvalue weighted by Crippen LogP contribution is 2.30. The first-order valence-electron chi connectivity index (χ1n) is 6.34. The first-order chi connectivity index (χ1) is 9.11. The van der Waals surface area contributed by atoms with E-state index in [-0.39, 0.29) is 0 Å². The molecule has 0 saturated heterocycles. The van der Waals surface area contributed by atoms with Gasteiger partial charge in [-0.3, -0.25) is 0 Å². The lowest BCUT2D eigenvalue weighted by atomic mass is 9.98. The summed E-state index contributed by atoms with van der Waals surface area (Å²) in [6, 6.07) is 10.7. The summed E-state index contributed by atoms with van der Waals surface area (Å²) in [5.41, 5.74) is 2.46. The zero-order chi connectivity index (χ0) is 13.8. The van der Waals surface area contributed by atoms with Gasteiger partial charge in [-0.2, -0.15) is 0 Å². The Bertz CT molecular complexity index is 553. The maximum Gasteiger partial charge on any atom is 0.0701 e. The molecule has 1 N–H and O–H groups in total. The average Bonchev–Trinajstić information content (AvgIpc) is 2.78. The zero-order valence-corrected chi connectivity index (χ0v) is 14.2. The van der Waals surface area contributed by atoms with E-state index in [4.69, 9.17) is 11.6 Å². The van der Waals surface area contributed by atoms with Crippen LogP contribution in [0.15, 0.2) is 34.1 Å². The molecule has 0 radical (unpaired) electrons. The molecule has 19 heavy (non-hydrogen) atoms. The number of rotatable bonds is 5. The van der Waals surface area contributed by atoms with Gasteiger partial charge in [0.25, 0.3) is 0 Å². The lowest BCUT2D eigenvalue weighted by Gasteiger charge is -2.20. The van der Waals surface area contributed by atoms with Gasteiger partial charge >= 0.3 is 0 Å². The average molecular weight is 359 g/mol. The van der Waals surface area contributed by atoms with Crippen LogP contribution in [0.25, 0.3) is 0 Å². The first-order valence-corrected chi connectivity index (χ1v) is 8.33. The number of hydrogen-bond acceptors (Lipinski definition) is 2. The van der Waals surface area contributed by atoms with E-state index in [1.165, 1.54) is 19.8 Å². The van der Waals surface area contributed by atoms with E-state index in [2.05, 4.69) is 53.3 Å². The van der Waals surface area contributed by atoms with Gasteiger partial charge in [-0.25, -0.2) is 0 Å². The Morgan fingerprint density at radius 1 is 1.32 bits per heavy atom. The minimum Gasteiger partial charge on any atom is -0.310 e. The number of halogens is 2. The van der Waals surface area contributed by atoms with Crippen molar-refractivity contribution in [3.63, 3.8) is 0 Å². The molecule has 0 spiro atoms. The molecule has 102 valence electrons. The van der Waals surface area contributed by atoms with Crippen molar-refractivity contribution in [2.75, 3.05) is 6.54 Å². The molecule has 1 heterocycles. The zero-order valence-electron chi connectivity index (χ0n) is 11.0. The van der Waals surface area contributed by atoms with E-state index in [0.29, 0.717) is 6.04 Å². The van der Waals surface area contributed by atoms with Crippen molar-refractivity contribution >= 4 is 38.9 Å². The highest BCUT2D eigenvalue weighted by Gasteiger charge is 2.15. The molecule has 1 aromatic carbocycles. The predicted octanol–water partition coefficient (Wildman–Crippen LogP) is 5.37. The molecule has 0 fully saturated rings. The minimum atomic E-state index is 0.314. The molecular formula is C15H17BrClNS. The van der Waals surface area contributed by atoms with Gasteiger partial charge in [-0.05, 0) is 58.7 Å². The maximum atomic E-state index is 6.23. The molecular weight excluding hydrogens is 342 g/mol. The van der Waals surface area contributed by atoms with Crippen LogP contribution < -0.4 is 5.32 Å². The Hall–Kier alpha value is -0.350. The fourth-order valence-corrected chi connectivity index (χ4v) is 3.91. The Labute approximate surface area is 132 Å². The van der Waals surface area contributed by atoms with Crippen LogP contribution in [0, 0.1) is 6.92 Å². The Balaban J connectivity index is 2.26. The van der Waals surface area contributed by atoms with Crippen molar-refractivity contribution in [3.05, 3.63) is 55.1 Å². The van der Waals surface area contributed by atoms with Crippen molar-refractivity contribution < 1.29 is 0 Å². The Morgan fingerprint density at radius 3 is 2.74 bits per heavy atom. The molecule has 2 aromatic rings. The summed E-state index contributed by atoms with van der Waals surface area (Å²) < 4.78 is 1.18.